The highest BCUT2D eigenvalue weighted by molar-refractivity contribution is 5.71. The second kappa shape index (κ2) is 70.9. The van der Waals surface area contributed by atoms with Crippen LogP contribution in [-0.4, -0.2) is 37.2 Å². The van der Waals surface area contributed by atoms with Gasteiger partial charge in [-0.1, -0.05) is 371 Å². The zero-order valence-electron chi connectivity index (χ0n) is 55.3. The molecule has 0 aliphatic carbocycles. The molecule has 0 fully saturated rings. The molecule has 1 unspecified atom stereocenters. The molecule has 0 N–H and O–H groups in total. The molecule has 0 bridgehead atoms. The maximum Gasteiger partial charge on any atom is 0.306 e. The predicted octanol–water partition coefficient (Wildman–Crippen LogP) is 25.3. The molecule has 0 spiro atoms. The average molecular weight is 1150 g/mol. The van der Waals surface area contributed by atoms with Crippen LogP contribution in [0.2, 0.25) is 0 Å². The van der Waals surface area contributed by atoms with E-state index in [-0.39, 0.29) is 31.1 Å². The van der Waals surface area contributed by atoms with Crippen molar-refractivity contribution < 1.29 is 28.6 Å². The van der Waals surface area contributed by atoms with Crippen LogP contribution in [0.5, 0.6) is 0 Å². The van der Waals surface area contributed by atoms with Gasteiger partial charge in [0, 0.05) is 19.3 Å². The van der Waals surface area contributed by atoms with Crippen molar-refractivity contribution in [1.29, 1.82) is 0 Å². The van der Waals surface area contributed by atoms with Gasteiger partial charge in [0.1, 0.15) is 13.2 Å². The van der Waals surface area contributed by atoms with E-state index in [9.17, 15) is 14.4 Å². The van der Waals surface area contributed by atoms with Crippen molar-refractivity contribution in [3.8, 4) is 0 Å². The summed E-state index contributed by atoms with van der Waals surface area (Å²) in [6, 6.07) is 0. The normalized spacial score (nSPS) is 12.3. The summed E-state index contributed by atoms with van der Waals surface area (Å²) in [6.45, 7) is 6.57. The molecule has 0 aromatic heterocycles. The summed E-state index contributed by atoms with van der Waals surface area (Å²) in [5.74, 6) is -0.895. The Morgan fingerprint density at radius 2 is 0.476 bits per heavy atom. The molecule has 0 saturated carbocycles. The Bertz CT molecular complexity index is 1410. The maximum absolute atomic E-state index is 13.0. The smallest absolute Gasteiger partial charge is 0.306 e. The molecule has 0 aliphatic heterocycles. The van der Waals surface area contributed by atoms with Crippen LogP contribution in [0.25, 0.3) is 0 Å². The fraction of sp³-hybridized carbons (Fsp3) is 0.855. The van der Waals surface area contributed by atoms with E-state index in [4.69, 9.17) is 14.2 Å². The van der Waals surface area contributed by atoms with Crippen molar-refractivity contribution in [3.05, 3.63) is 48.6 Å². The number of unbranched alkanes of at least 4 members (excludes halogenated alkanes) is 49. The van der Waals surface area contributed by atoms with E-state index in [0.29, 0.717) is 19.3 Å². The van der Waals surface area contributed by atoms with Crippen LogP contribution < -0.4 is 0 Å². The van der Waals surface area contributed by atoms with Crippen LogP contribution in [0.1, 0.15) is 400 Å². The highest BCUT2D eigenvalue weighted by Gasteiger charge is 2.19. The minimum Gasteiger partial charge on any atom is -0.462 e. The van der Waals surface area contributed by atoms with Gasteiger partial charge in [-0.05, 0) is 57.8 Å². The molecule has 0 saturated heterocycles. The molecule has 0 rings (SSSR count). The van der Waals surface area contributed by atoms with Crippen LogP contribution >= 0.6 is 0 Å². The minimum atomic E-state index is -0.788. The monoisotopic (exact) mass is 1150 g/mol. The summed E-state index contributed by atoms with van der Waals surface area (Å²) in [5.41, 5.74) is 0. The highest BCUT2D eigenvalue weighted by atomic mass is 16.6. The standard InChI is InChI=1S/C76H140O6/c1-4-7-10-13-16-19-22-25-28-30-32-34-35-36-37-38-39-40-41-42-44-45-48-51-54-57-60-63-66-69-75(78)81-72-73(71-80-74(77)68-65-62-59-56-53-50-47-27-24-21-18-15-12-9-6-3)82-76(79)70-67-64-61-58-55-52-49-46-43-33-31-29-26-23-20-17-14-11-8-5-2/h9,12,18,21,27,47,53,56,73H,4-8,10-11,13-17,19-20,22-26,28-46,48-52,54-55,57-72H2,1-3H3/b12-9-,21-18-,47-27-,56-53-. The number of hydrogen-bond acceptors (Lipinski definition) is 6. The maximum atomic E-state index is 13.0. The van der Waals surface area contributed by atoms with Gasteiger partial charge in [-0.25, -0.2) is 0 Å². The summed E-state index contributed by atoms with van der Waals surface area (Å²) in [4.78, 5) is 38.4. The second-order valence-electron chi connectivity index (χ2n) is 24.8. The second-order valence-corrected chi connectivity index (χ2v) is 24.8. The van der Waals surface area contributed by atoms with Gasteiger partial charge in [0.2, 0.25) is 0 Å². The van der Waals surface area contributed by atoms with E-state index in [1.54, 1.807) is 0 Å². The van der Waals surface area contributed by atoms with E-state index in [2.05, 4.69) is 69.4 Å². The Kier molecular flexibility index (Phi) is 68.6. The van der Waals surface area contributed by atoms with Gasteiger partial charge in [-0.3, -0.25) is 14.4 Å². The van der Waals surface area contributed by atoms with E-state index >= 15 is 0 Å². The Balaban J connectivity index is 4.22. The molecule has 0 aromatic rings. The third-order valence-electron chi connectivity index (χ3n) is 16.6. The molecular weight excluding hydrogens is 1010 g/mol. The summed E-state index contributed by atoms with van der Waals surface area (Å²) >= 11 is 0. The summed E-state index contributed by atoms with van der Waals surface area (Å²) in [7, 11) is 0. The number of rotatable bonds is 68. The van der Waals surface area contributed by atoms with Crippen LogP contribution in [0, 0.1) is 0 Å². The van der Waals surface area contributed by atoms with Crippen molar-refractivity contribution in [1.82, 2.24) is 0 Å². The minimum absolute atomic E-state index is 0.0809. The zero-order valence-corrected chi connectivity index (χ0v) is 55.3. The van der Waals surface area contributed by atoms with Gasteiger partial charge in [-0.15, -0.1) is 0 Å². The topological polar surface area (TPSA) is 78.9 Å². The van der Waals surface area contributed by atoms with Gasteiger partial charge in [0.25, 0.3) is 0 Å². The Hall–Kier alpha value is -2.63. The molecule has 0 aromatic carbocycles. The van der Waals surface area contributed by atoms with Crippen molar-refractivity contribution in [3.63, 3.8) is 0 Å². The molecule has 0 radical (unpaired) electrons. The van der Waals surface area contributed by atoms with Crippen LogP contribution in [-0.2, 0) is 28.6 Å². The predicted molar refractivity (Wildman–Crippen MR) is 358 cm³/mol. The van der Waals surface area contributed by atoms with Crippen molar-refractivity contribution >= 4 is 17.9 Å². The molecule has 0 heterocycles. The van der Waals surface area contributed by atoms with Crippen LogP contribution in [0.3, 0.4) is 0 Å². The van der Waals surface area contributed by atoms with Gasteiger partial charge >= 0.3 is 17.9 Å². The average Bonchev–Trinajstić information content (AvgIpc) is 3.47. The first-order valence-corrected chi connectivity index (χ1v) is 36.6. The quantitative estimate of drug-likeness (QED) is 0.0261. The molecule has 480 valence electrons. The van der Waals surface area contributed by atoms with E-state index in [1.807, 2.05) is 0 Å². The summed E-state index contributed by atoms with van der Waals surface area (Å²) in [5, 5.41) is 0. The first-order valence-electron chi connectivity index (χ1n) is 36.6. The third-order valence-corrected chi connectivity index (χ3v) is 16.6. The van der Waals surface area contributed by atoms with Crippen molar-refractivity contribution in [2.24, 2.45) is 0 Å². The lowest BCUT2D eigenvalue weighted by molar-refractivity contribution is -0.167. The van der Waals surface area contributed by atoms with Crippen molar-refractivity contribution in [2.75, 3.05) is 13.2 Å². The fourth-order valence-electron chi connectivity index (χ4n) is 11.1. The molecular formula is C76H140O6. The molecule has 6 nitrogen and oxygen atoms in total. The van der Waals surface area contributed by atoms with Gasteiger partial charge < -0.3 is 14.2 Å². The lowest BCUT2D eigenvalue weighted by Gasteiger charge is -2.18. The first-order chi connectivity index (χ1) is 40.5. The Labute approximate surface area is 511 Å². The number of hydrogen-bond donors (Lipinski definition) is 0. The van der Waals surface area contributed by atoms with Crippen LogP contribution in [0.15, 0.2) is 48.6 Å². The highest BCUT2D eigenvalue weighted by Crippen LogP contribution is 2.19. The van der Waals surface area contributed by atoms with Gasteiger partial charge in [0.05, 0.1) is 0 Å². The lowest BCUT2D eigenvalue weighted by atomic mass is 10.0. The first kappa shape index (κ1) is 79.4. The molecule has 1 atom stereocenters. The lowest BCUT2D eigenvalue weighted by Crippen LogP contribution is -2.30. The Morgan fingerprint density at radius 1 is 0.256 bits per heavy atom. The number of allylic oxidation sites excluding steroid dienone is 8. The van der Waals surface area contributed by atoms with E-state index in [0.717, 1.165) is 83.5 Å². The largest absolute Gasteiger partial charge is 0.462 e. The number of esters is 3. The molecule has 6 heteroatoms. The van der Waals surface area contributed by atoms with Gasteiger partial charge in [-0.2, -0.15) is 0 Å². The SMILES string of the molecule is CC/C=C\C/C=C\C/C=C\C/C=C\CCCCC(=O)OCC(COC(=O)CCCCCCCCCCCCCCCCCCCCCCCCCCCCCCC)OC(=O)CCCCCCCCCCCCCCCCCCCCCC. The summed E-state index contributed by atoms with van der Waals surface area (Å²) < 4.78 is 17.0. The third kappa shape index (κ3) is 68.2. The molecule has 0 aliphatic rings. The summed E-state index contributed by atoms with van der Waals surface area (Å²) in [6.07, 6.45) is 90.2. The molecule has 82 heavy (non-hydrogen) atoms. The van der Waals surface area contributed by atoms with E-state index in [1.165, 1.54) is 276 Å². The number of carbonyl (C=O) groups is 3. The van der Waals surface area contributed by atoms with Gasteiger partial charge in [0.15, 0.2) is 6.10 Å². The fourth-order valence-corrected chi connectivity index (χ4v) is 11.1. The Morgan fingerprint density at radius 3 is 0.744 bits per heavy atom. The van der Waals surface area contributed by atoms with Crippen molar-refractivity contribution in [2.45, 2.75) is 406 Å². The number of carbonyl (C=O) groups excluding carboxylic acids is 3. The van der Waals surface area contributed by atoms with E-state index < -0.39 is 6.10 Å². The van der Waals surface area contributed by atoms with Crippen LogP contribution in [0.4, 0.5) is 0 Å². The zero-order chi connectivity index (χ0) is 59.2. The number of ether oxygens (including phenoxy) is 3. The molecule has 0 amide bonds.